The molecule has 0 bridgehead atoms. The van der Waals surface area contributed by atoms with Gasteiger partial charge in [-0.15, -0.1) is 0 Å². The lowest BCUT2D eigenvalue weighted by molar-refractivity contribution is -0.0498. The van der Waals surface area contributed by atoms with E-state index in [2.05, 4.69) is 20.1 Å². The quantitative estimate of drug-likeness (QED) is 0.474. The van der Waals surface area contributed by atoms with Gasteiger partial charge in [0.15, 0.2) is 5.65 Å². The monoisotopic (exact) mass is 424 g/mol. The molecule has 1 amide bonds. The van der Waals surface area contributed by atoms with Crippen LogP contribution in [0.4, 0.5) is 8.78 Å². The molecule has 1 unspecified atom stereocenters. The number of rotatable bonds is 7. The molecule has 2 aromatic heterocycles. The highest BCUT2D eigenvalue weighted by Gasteiger charge is 2.17. The van der Waals surface area contributed by atoms with Gasteiger partial charge in [-0.05, 0) is 23.8 Å². The molecule has 2 aromatic carbocycles. The summed E-state index contributed by atoms with van der Waals surface area (Å²) in [6, 6.07) is 17.0. The van der Waals surface area contributed by atoms with Crippen molar-refractivity contribution >= 4 is 11.6 Å². The minimum atomic E-state index is -2.92. The van der Waals surface area contributed by atoms with Crippen LogP contribution in [0.25, 0.3) is 16.9 Å². The zero-order chi connectivity index (χ0) is 21.8. The molecule has 0 aliphatic heterocycles. The van der Waals surface area contributed by atoms with Crippen LogP contribution >= 0.6 is 0 Å². The maximum atomic E-state index is 12.7. The van der Waals surface area contributed by atoms with E-state index in [1.165, 1.54) is 30.5 Å². The Morgan fingerprint density at radius 3 is 2.55 bits per heavy atom. The van der Waals surface area contributed by atoms with Crippen LogP contribution in [-0.2, 0) is 0 Å². The fraction of sp³-hybridized carbons (Fsp3) is 0.136. The number of ether oxygens (including phenoxy) is 1. The lowest BCUT2D eigenvalue weighted by Crippen LogP contribution is -2.28. The van der Waals surface area contributed by atoms with E-state index in [0.29, 0.717) is 11.2 Å². The van der Waals surface area contributed by atoms with E-state index in [0.717, 1.165) is 11.3 Å². The van der Waals surface area contributed by atoms with Crippen molar-refractivity contribution in [3.05, 3.63) is 84.2 Å². The third kappa shape index (κ3) is 4.51. The minimum absolute atomic E-state index is 0.0124. The molecule has 0 fully saturated rings. The molecule has 0 spiro atoms. The SMILES string of the molecule is O=C(NCC(O)c1ccc(OC(F)F)cc1)c1cnn2c(-c3ccccc3)ccnc12. The van der Waals surface area contributed by atoms with E-state index in [4.69, 9.17) is 0 Å². The molecule has 0 saturated carbocycles. The van der Waals surface area contributed by atoms with Crippen molar-refractivity contribution < 1.29 is 23.4 Å². The smallest absolute Gasteiger partial charge is 0.387 e. The molecule has 2 heterocycles. The number of fused-ring (bicyclic) bond motifs is 1. The second-order valence-corrected chi connectivity index (χ2v) is 6.66. The number of benzene rings is 2. The third-order valence-electron chi connectivity index (χ3n) is 4.66. The molecule has 9 heteroatoms. The van der Waals surface area contributed by atoms with Gasteiger partial charge in [0.05, 0.1) is 18.0 Å². The van der Waals surface area contributed by atoms with Crippen LogP contribution in [0, 0.1) is 0 Å². The average molecular weight is 424 g/mol. The Balaban J connectivity index is 1.46. The Morgan fingerprint density at radius 1 is 1.10 bits per heavy atom. The average Bonchev–Trinajstić information content (AvgIpc) is 3.22. The number of nitrogens with one attached hydrogen (secondary N) is 1. The van der Waals surface area contributed by atoms with Gasteiger partial charge in [0, 0.05) is 18.3 Å². The van der Waals surface area contributed by atoms with Crippen molar-refractivity contribution in [3.63, 3.8) is 0 Å². The first-order valence-electron chi connectivity index (χ1n) is 9.42. The van der Waals surface area contributed by atoms with E-state index in [1.807, 2.05) is 36.4 Å². The Hall–Kier alpha value is -3.85. The number of aliphatic hydroxyl groups excluding tert-OH is 1. The first-order valence-corrected chi connectivity index (χ1v) is 9.42. The van der Waals surface area contributed by atoms with Crippen LogP contribution in [0.2, 0.25) is 0 Å². The van der Waals surface area contributed by atoms with Crippen molar-refractivity contribution in [1.82, 2.24) is 19.9 Å². The second-order valence-electron chi connectivity index (χ2n) is 6.66. The molecule has 0 aliphatic carbocycles. The summed E-state index contributed by atoms with van der Waals surface area (Å²) >= 11 is 0. The molecule has 1 atom stereocenters. The molecular weight excluding hydrogens is 406 g/mol. The zero-order valence-corrected chi connectivity index (χ0v) is 16.2. The highest BCUT2D eigenvalue weighted by atomic mass is 19.3. The number of aromatic nitrogens is 3. The Bertz CT molecular complexity index is 1180. The molecule has 0 saturated heterocycles. The van der Waals surface area contributed by atoms with E-state index in [9.17, 15) is 18.7 Å². The Labute approximate surface area is 175 Å². The lowest BCUT2D eigenvalue weighted by Gasteiger charge is -2.13. The standard InChI is InChI=1S/C22H18F2N4O3/c23-22(24)31-16-8-6-15(7-9-16)19(29)13-26-21(30)17-12-27-28-18(10-11-25-20(17)28)14-4-2-1-3-5-14/h1-12,19,22,29H,13H2,(H,26,30). The van der Waals surface area contributed by atoms with E-state index < -0.39 is 18.6 Å². The molecule has 0 radical (unpaired) electrons. The summed E-state index contributed by atoms with van der Waals surface area (Å²) in [5, 5.41) is 17.2. The number of hydrogen-bond acceptors (Lipinski definition) is 5. The van der Waals surface area contributed by atoms with Crippen molar-refractivity contribution in [2.75, 3.05) is 6.54 Å². The van der Waals surface area contributed by atoms with Crippen molar-refractivity contribution in [3.8, 4) is 17.0 Å². The molecule has 4 rings (SSSR count). The number of hydrogen-bond donors (Lipinski definition) is 2. The topological polar surface area (TPSA) is 88.8 Å². The number of carbonyl (C=O) groups excluding carboxylic acids is 1. The normalized spacial score (nSPS) is 12.1. The van der Waals surface area contributed by atoms with Gasteiger partial charge >= 0.3 is 6.61 Å². The molecule has 31 heavy (non-hydrogen) atoms. The van der Waals surface area contributed by atoms with E-state index >= 15 is 0 Å². The van der Waals surface area contributed by atoms with Crippen LogP contribution < -0.4 is 10.1 Å². The van der Waals surface area contributed by atoms with Crippen molar-refractivity contribution in [1.29, 1.82) is 0 Å². The summed E-state index contributed by atoms with van der Waals surface area (Å²) in [5.74, 6) is -0.453. The highest BCUT2D eigenvalue weighted by molar-refractivity contribution is 5.99. The zero-order valence-electron chi connectivity index (χ0n) is 16.2. The van der Waals surface area contributed by atoms with Gasteiger partial charge in [0.1, 0.15) is 11.3 Å². The van der Waals surface area contributed by atoms with Crippen LogP contribution in [0.15, 0.2) is 73.1 Å². The number of alkyl halides is 2. The molecule has 0 aliphatic rings. The van der Waals surface area contributed by atoms with Gasteiger partial charge in [0.2, 0.25) is 0 Å². The number of aliphatic hydroxyl groups is 1. The van der Waals surface area contributed by atoms with E-state index in [-0.39, 0.29) is 17.9 Å². The fourth-order valence-corrected chi connectivity index (χ4v) is 3.15. The predicted octanol–water partition coefficient (Wildman–Crippen LogP) is 3.46. The first-order chi connectivity index (χ1) is 15.0. The first kappa shape index (κ1) is 20.4. The van der Waals surface area contributed by atoms with Gasteiger partial charge in [0.25, 0.3) is 5.91 Å². The Morgan fingerprint density at radius 2 is 1.84 bits per heavy atom. The molecular formula is C22H18F2N4O3. The second kappa shape index (κ2) is 8.88. The van der Waals surface area contributed by atoms with Crippen LogP contribution in [0.3, 0.4) is 0 Å². The molecule has 4 aromatic rings. The van der Waals surface area contributed by atoms with Gasteiger partial charge in [-0.2, -0.15) is 13.9 Å². The molecule has 7 nitrogen and oxygen atoms in total. The Kier molecular flexibility index (Phi) is 5.85. The van der Waals surface area contributed by atoms with Crippen LogP contribution in [0.5, 0.6) is 5.75 Å². The van der Waals surface area contributed by atoms with Crippen LogP contribution in [0.1, 0.15) is 22.0 Å². The maximum absolute atomic E-state index is 12.7. The van der Waals surface area contributed by atoms with Gasteiger partial charge in [-0.1, -0.05) is 42.5 Å². The number of nitrogens with zero attached hydrogens (tertiary/aromatic N) is 3. The lowest BCUT2D eigenvalue weighted by atomic mass is 10.1. The number of amides is 1. The minimum Gasteiger partial charge on any atom is -0.435 e. The summed E-state index contributed by atoms with van der Waals surface area (Å²) in [6.07, 6.45) is 2.00. The fourth-order valence-electron chi connectivity index (χ4n) is 3.15. The molecule has 158 valence electrons. The van der Waals surface area contributed by atoms with E-state index in [1.54, 1.807) is 10.7 Å². The van der Waals surface area contributed by atoms with Crippen molar-refractivity contribution in [2.24, 2.45) is 0 Å². The summed E-state index contributed by atoms with van der Waals surface area (Å²) < 4.78 is 30.3. The number of carbonyl (C=O) groups is 1. The highest BCUT2D eigenvalue weighted by Crippen LogP contribution is 2.21. The summed E-state index contributed by atoms with van der Waals surface area (Å²) in [6.45, 7) is -3.00. The van der Waals surface area contributed by atoms with Crippen LogP contribution in [-0.4, -0.2) is 38.8 Å². The number of halogens is 2. The van der Waals surface area contributed by atoms with Gasteiger partial charge in [-0.3, -0.25) is 4.79 Å². The largest absolute Gasteiger partial charge is 0.435 e. The summed E-state index contributed by atoms with van der Waals surface area (Å²) in [7, 11) is 0. The summed E-state index contributed by atoms with van der Waals surface area (Å²) in [4.78, 5) is 16.9. The van der Waals surface area contributed by atoms with Gasteiger partial charge in [-0.25, -0.2) is 9.50 Å². The summed E-state index contributed by atoms with van der Waals surface area (Å²) in [5.41, 5.74) is 2.83. The third-order valence-corrected chi connectivity index (χ3v) is 4.66. The molecule has 2 N–H and O–H groups in total. The predicted molar refractivity (Wildman–Crippen MR) is 109 cm³/mol. The van der Waals surface area contributed by atoms with Gasteiger partial charge < -0.3 is 15.2 Å². The van der Waals surface area contributed by atoms with Crippen molar-refractivity contribution in [2.45, 2.75) is 12.7 Å². The maximum Gasteiger partial charge on any atom is 0.387 e.